The largest absolute Gasteiger partial charge is 0.695 e. The molecule has 1 aliphatic heterocycles. The zero-order valence-corrected chi connectivity index (χ0v) is 8.81. The second kappa shape index (κ2) is 3.51. The van der Waals surface area contributed by atoms with E-state index in [1.807, 2.05) is 6.92 Å². The van der Waals surface area contributed by atoms with Gasteiger partial charge in [-0.15, -0.1) is 9.42 Å². The molecule has 0 aromatic rings. The summed E-state index contributed by atoms with van der Waals surface area (Å²) in [6, 6.07) is 0. The highest BCUT2D eigenvalue weighted by Crippen LogP contribution is 2.52. The summed E-state index contributed by atoms with van der Waals surface area (Å²) in [6.07, 6.45) is 0.214. The van der Waals surface area contributed by atoms with E-state index in [-0.39, 0.29) is 18.6 Å². The van der Waals surface area contributed by atoms with Crippen molar-refractivity contribution in [3.63, 3.8) is 0 Å². The van der Waals surface area contributed by atoms with Crippen molar-refractivity contribution in [1.29, 1.82) is 0 Å². The number of aliphatic hydroxyl groups is 1. The van der Waals surface area contributed by atoms with Crippen molar-refractivity contribution in [2.75, 3.05) is 13.2 Å². The van der Waals surface area contributed by atoms with Crippen LogP contribution in [0.25, 0.3) is 0 Å². The smallest absolute Gasteiger partial charge is 0.396 e. The van der Waals surface area contributed by atoms with E-state index >= 15 is 0 Å². The van der Waals surface area contributed by atoms with Gasteiger partial charge >= 0.3 is 8.25 Å². The van der Waals surface area contributed by atoms with Crippen LogP contribution >= 0.6 is 8.25 Å². The molecule has 5 nitrogen and oxygen atoms in total. The maximum Gasteiger partial charge on any atom is 0.695 e. The maximum atomic E-state index is 10.6. The molecule has 2 bridgehead atoms. The van der Waals surface area contributed by atoms with Crippen molar-refractivity contribution in [1.82, 2.24) is 0 Å². The Balaban J connectivity index is 2.18. The Kier molecular flexibility index (Phi) is 2.62. The minimum atomic E-state index is -2.62. The van der Waals surface area contributed by atoms with E-state index in [0.717, 1.165) is 6.42 Å². The molecule has 2 fully saturated rings. The standard InChI is InChI=1S/C8H13O5P/c1-5-2-8(3-9)4-12-6(5)7(8)13-14(10)11/h5-7,9H,2-4H2,1H3/p+1. The van der Waals surface area contributed by atoms with Gasteiger partial charge < -0.3 is 9.84 Å². The van der Waals surface area contributed by atoms with Crippen LogP contribution in [0.4, 0.5) is 0 Å². The topological polar surface area (TPSA) is 76.0 Å². The molecular weight excluding hydrogens is 207 g/mol. The molecule has 0 radical (unpaired) electrons. The fraction of sp³-hybridized carbons (Fsp3) is 1.00. The van der Waals surface area contributed by atoms with Crippen LogP contribution in [0.15, 0.2) is 0 Å². The summed E-state index contributed by atoms with van der Waals surface area (Å²) in [4.78, 5) is 8.72. The first kappa shape index (κ1) is 10.5. The summed E-state index contributed by atoms with van der Waals surface area (Å²) in [6.45, 7) is 2.37. The van der Waals surface area contributed by atoms with E-state index in [9.17, 15) is 9.67 Å². The molecule has 80 valence electrons. The third-order valence-electron chi connectivity index (χ3n) is 3.27. The summed E-state index contributed by atoms with van der Waals surface area (Å²) >= 11 is 0. The van der Waals surface area contributed by atoms with Crippen LogP contribution in [0.5, 0.6) is 0 Å². The van der Waals surface area contributed by atoms with Gasteiger partial charge in [0.05, 0.1) is 24.7 Å². The summed E-state index contributed by atoms with van der Waals surface area (Å²) in [5.74, 6) is 0.274. The molecule has 5 atom stereocenters. The normalized spacial score (nSPS) is 47.1. The van der Waals surface area contributed by atoms with Crippen LogP contribution in [-0.4, -0.2) is 35.4 Å². The van der Waals surface area contributed by atoms with Crippen molar-refractivity contribution in [3.8, 4) is 0 Å². The molecule has 1 saturated carbocycles. The second-order valence-electron chi connectivity index (χ2n) is 4.24. The fourth-order valence-corrected chi connectivity index (χ4v) is 3.18. The lowest BCUT2D eigenvalue weighted by atomic mass is 9.86. The molecule has 2 N–H and O–H groups in total. The monoisotopic (exact) mass is 221 g/mol. The zero-order valence-electron chi connectivity index (χ0n) is 7.92. The van der Waals surface area contributed by atoms with Crippen LogP contribution in [0.2, 0.25) is 0 Å². The highest BCUT2D eigenvalue weighted by atomic mass is 31.1. The first-order chi connectivity index (χ1) is 6.59. The molecule has 2 rings (SSSR count). The van der Waals surface area contributed by atoms with Gasteiger partial charge in [-0.1, -0.05) is 6.92 Å². The Morgan fingerprint density at radius 2 is 2.43 bits per heavy atom. The fourth-order valence-electron chi connectivity index (χ4n) is 2.64. The van der Waals surface area contributed by atoms with Crippen LogP contribution in [0.1, 0.15) is 13.3 Å². The Morgan fingerprint density at radius 3 is 2.93 bits per heavy atom. The number of rotatable bonds is 3. The van der Waals surface area contributed by atoms with E-state index in [4.69, 9.17) is 14.2 Å². The lowest BCUT2D eigenvalue weighted by molar-refractivity contribution is -0.00148. The zero-order chi connectivity index (χ0) is 10.3. The molecular formula is C8H14O5P+. The van der Waals surface area contributed by atoms with Gasteiger partial charge in [0, 0.05) is 4.57 Å². The van der Waals surface area contributed by atoms with Crippen LogP contribution < -0.4 is 0 Å². The number of ether oxygens (including phenoxy) is 1. The molecule has 0 aromatic heterocycles. The highest BCUT2D eigenvalue weighted by Gasteiger charge is 2.62. The molecule has 6 heteroatoms. The Labute approximate surface area is 83.0 Å². The van der Waals surface area contributed by atoms with Gasteiger partial charge in [-0.05, 0) is 12.3 Å². The molecule has 14 heavy (non-hydrogen) atoms. The minimum Gasteiger partial charge on any atom is -0.396 e. The predicted octanol–water partition coefficient (Wildman–Crippen LogP) is 0.439. The van der Waals surface area contributed by atoms with Gasteiger partial charge in [-0.2, -0.15) is 0 Å². The van der Waals surface area contributed by atoms with Crippen molar-refractivity contribution in [3.05, 3.63) is 0 Å². The highest BCUT2D eigenvalue weighted by molar-refractivity contribution is 7.32. The molecule has 2 aliphatic rings. The van der Waals surface area contributed by atoms with E-state index in [0.29, 0.717) is 6.61 Å². The first-order valence-corrected chi connectivity index (χ1v) is 5.77. The SMILES string of the molecule is CC1CC2(CO)COC1C2O[P+](=O)O. The molecule has 0 aromatic carbocycles. The third kappa shape index (κ3) is 1.40. The van der Waals surface area contributed by atoms with Crippen molar-refractivity contribution >= 4 is 8.25 Å². The van der Waals surface area contributed by atoms with E-state index in [1.54, 1.807) is 0 Å². The summed E-state index contributed by atoms with van der Waals surface area (Å²) in [7, 11) is -2.62. The molecule has 0 amide bonds. The molecule has 5 unspecified atom stereocenters. The average Bonchev–Trinajstić information content (AvgIpc) is 2.57. The molecule has 1 saturated heterocycles. The molecule has 0 spiro atoms. The van der Waals surface area contributed by atoms with Crippen molar-refractivity contribution < 1.29 is 23.8 Å². The predicted molar refractivity (Wildman–Crippen MR) is 47.7 cm³/mol. The van der Waals surface area contributed by atoms with Gasteiger partial charge in [0.2, 0.25) is 0 Å². The van der Waals surface area contributed by atoms with Crippen molar-refractivity contribution in [2.24, 2.45) is 11.3 Å². The van der Waals surface area contributed by atoms with Crippen LogP contribution in [-0.2, 0) is 13.8 Å². The summed E-state index contributed by atoms with van der Waals surface area (Å²) in [5.41, 5.74) is -0.461. The lowest BCUT2D eigenvalue weighted by Gasteiger charge is -2.25. The number of hydrogen-bond donors (Lipinski definition) is 2. The van der Waals surface area contributed by atoms with Crippen LogP contribution in [0.3, 0.4) is 0 Å². The summed E-state index contributed by atoms with van der Waals surface area (Å²) in [5, 5.41) is 9.31. The lowest BCUT2D eigenvalue weighted by Crippen LogP contribution is -2.35. The van der Waals surface area contributed by atoms with E-state index in [1.165, 1.54) is 0 Å². The number of fused-ring (bicyclic) bond motifs is 2. The van der Waals surface area contributed by atoms with Crippen LogP contribution in [0, 0.1) is 11.3 Å². The Bertz CT molecular complexity index is 258. The van der Waals surface area contributed by atoms with Gasteiger partial charge in [0.25, 0.3) is 0 Å². The van der Waals surface area contributed by atoms with Gasteiger partial charge in [-0.3, -0.25) is 0 Å². The number of aliphatic hydroxyl groups excluding tert-OH is 1. The van der Waals surface area contributed by atoms with Crippen molar-refractivity contribution in [2.45, 2.75) is 25.6 Å². The van der Waals surface area contributed by atoms with E-state index in [2.05, 4.69) is 0 Å². The number of hydrogen-bond acceptors (Lipinski definition) is 4. The Morgan fingerprint density at radius 1 is 1.71 bits per heavy atom. The summed E-state index contributed by atoms with van der Waals surface area (Å²) < 4.78 is 21.0. The third-order valence-corrected chi connectivity index (χ3v) is 3.68. The quantitative estimate of drug-likeness (QED) is 0.676. The molecule has 1 aliphatic carbocycles. The minimum absolute atomic E-state index is 0.0539. The van der Waals surface area contributed by atoms with Gasteiger partial charge in [0.15, 0.2) is 6.10 Å². The Hall–Kier alpha value is -0.0600. The second-order valence-corrected chi connectivity index (χ2v) is 4.93. The maximum absolute atomic E-state index is 10.6. The van der Waals surface area contributed by atoms with E-state index < -0.39 is 19.8 Å². The van der Waals surface area contributed by atoms with Gasteiger partial charge in [0.1, 0.15) is 0 Å². The average molecular weight is 221 g/mol. The van der Waals surface area contributed by atoms with Gasteiger partial charge in [-0.25, -0.2) is 0 Å². The molecule has 1 heterocycles. The first-order valence-electron chi connectivity index (χ1n) is 4.64.